The Morgan fingerprint density at radius 2 is 1.29 bits per heavy atom. The largest absolute Gasteiger partial charge is 0.462 e. The summed E-state index contributed by atoms with van der Waals surface area (Å²) in [6.45, 7) is 21.9. The number of fused-ring (bicyclic) bond motifs is 2. The lowest BCUT2D eigenvalue weighted by Crippen LogP contribution is -2.65. The lowest BCUT2D eigenvalue weighted by molar-refractivity contribution is -0.310. The Hall–Kier alpha value is -3.63. The summed E-state index contributed by atoms with van der Waals surface area (Å²) in [7, 11) is 0. The maximum absolute atomic E-state index is 15.1. The van der Waals surface area contributed by atoms with Crippen molar-refractivity contribution in [1.82, 2.24) is 0 Å². The molecule has 0 bridgehead atoms. The summed E-state index contributed by atoms with van der Waals surface area (Å²) in [6.07, 6.45) is -3.33. The second-order valence-corrected chi connectivity index (χ2v) is 21.5. The first kappa shape index (κ1) is 47.3. The van der Waals surface area contributed by atoms with E-state index >= 15 is 4.79 Å². The fraction of sp³-hybridized carbons (Fsp3) is 0.851. The van der Waals surface area contributed by atoms with Crippen LogP contribution in [0.2, 0.25) is 0 Å². The van der Waals surface area contributed by atoms with E-state index in [0.29, 0.717) is 25.7 Å². The highest BCUT2D eigenvalue weighted by Crippen LogP contribution is 2.89. The Morgan fingerprint density at radius 1 is 0.714 bits per heavy atom. The Labute approximate surface area is 370 Å². The van der Waals surface area contributed by atoms with Crippen LogP contribution < -0.4 is 0 Å². The molecule has 5 saturated carbocycles. The van der Waals surface area contributed by atoms with Crippen molar-refractivity contribution in [3.05, 3.63) is 0 Å². The van der Waals surface area contributed by atoms with Crippen molar-refractivity contribution in [2.45, 2.75) is 196 Å². The summed E-state index contributed by atoms with van der Waals surface area (Å²) < 4.78 is 54.0. The van der Waals surface area contributed by atoms with Crippen LogP contribution >= 0.6 is 0 Å². The third kappa shape index (κ3) is 7.68. The van der Waals surface area contributed by atoms with Gasteiger partial charge in [0, 0.05) is 58.8 Å². The van der Waals surface area contributed by atoms with Gasteiger partial charge in [-0.25, -0.2) is 0 Å². The smallest absolute Gasteiger partial charge is 0.303 e. The molecule has 17 atom stereocenters. The molecule has 5 aliphatic carbocycles. The summed E-state index contributed by atoms with van der Waals surface area (Å²) in [5.41, 5.74) is -3.29. The molecule has 2 saturated heterocycles. The van der Waals surface area contributed by atoms with Gasteiger partial charge in [-0.3, -0.25) is 33.6 Å². The van der Waals surface area contributed by atoms with Gasteiger partial charge in [0.2, 0.25) is 0 Å². The predicted molar refractivity (Wildman–Crippen MR) is 219 cm³/mol. The summed E-state index contributed by atoms with van der Waals surface area (Å²) in [4.78, 5) is 90.4. The van der Waals surface area contributed by atoms with Crippen LogP contribution in [0, 0.1) is 50.7 Å². The molecule has 1 unspecified atom stereocenters. The van der Waals surface area contributed by atoms with E-state index in [-0.39, 0.29) is 47.1 Å². The van der Waals surface area contributed by atoms with E-state index in [1.54, 1.807) is 0 Å². The second-order valence-electron chi connectivity index (χ2n) is 21.5. The molecule has 2 heterocycles. The molecule has 352 valence electrons. The molecular formula is C47H68O16. The highest BCUT2D eigenvalue weighted by Gasteiger charge is 2.87. The third-order valence-corrected chi connectivity index (χ3v) is 17.0. The number of hydrogen-bond donors (Lipinski definition) is 0. The number of ether oxygens (including phenoxy) is 9. The van der Waals surface area contributed by atoms with Gasteiger partial charge in [-0.2, -0.15) is 0 Å². The first-order chi connectivity index (χ1) is 29.2. The molecule has 0 radical (unpaired) electrons. The molecular weight excluding hydrogens is 821 g/mol. The van der Waals surface area contributed by atoms with Gasteiger partial charge in [0.25, 0.3) is 0 Å². The van der Waals surface area contributed by atoms with E-state index in [0.717, 1.165) is 19.3 Å². The zero-order chi connectivity index (χ0) is 46.6. The van der Waals surface area contributed by atoms with Gasteiger partial charge in [0.15, 0.2) is 36.5 Å². The van der Waals surface area contributed by atoms with Crippen LogP contribution in [0.4, 0.5) is 0 Å². The molecule has 0 aromatic heterocycles. The lowest BCUT2D eigenvalue weighted by atomic mass is 9.40. The van der Waals surface area contributed by atoms with Gasteiger partial charge in [0.1, 0.15) is 18.3 Å². The van der Waals surface area contributed by atoms with Crippen molar-refractivity contribution in [2.75, 3.05) is 6.61 Å². The number of Topliss-reactive ketones (excluding diaryl/α,β-unsaturated/α-hetero) is 1. The molecule has 16 nitrogen and oxygen atoms in total. The number of ketones is 1. The number of carbonyl (C=O) groups excluding carboxylic acids is 7. The van der Waals surface area contributed by atoms with E-state index in [1.807, 2.05) is 20.8 Å². The Bertz CT molecular complexity index is 1910. The van der Waals surface area contributed by atoms with Crippen LogP contribution in [0.25, 0.3) is 0 Å². The molecule has 7 fully saturated rings. The summed E-state index contributed by atoms with van der Waals surface area (Å²) in [5.74, 6) is -4.79. The average Bonchev–Trinajstić information content (AvgIpc) is 3.99. The zero-order valence-electron chi connectivity index (χ0n) is 39.2. The van der Waals surface area contributed by atoms with Crippen molar-refractivity contribution in [2.24, 2.45) is 50.7 Å². The van der Waals surface area contributed by atoms with Gasteiger partial charge in [-0.05, 0) is 92.3 Å². The molecule has 2 aliphatic heterocycles. The molecule has 63 heavy (non-hydrogen) atoms. The van der Waals surface area contributed by atoms with E-state index in [9.17, 15) is 28.8 Å². The molecule has 0 aromatic rings. The minimum atomic E-state index is -1.25. The molecule has 7 aliphatic rings. The molecule has 0 aromatic carbocycles. The molecule has 16 heteroatoms. The van der Waals surface area contributed by atoms with Crippen molar-refractivity contribution in [1.29, 1.82) is 0 Å². The highest BCUT2D eigenvalue weighted by molar-refractivity contribution is 5.92. The van der Waals surface area contributed by atoms with Gasteiger partial charge in [-0.1, -0.05) is 34.6 Å². The second kappa shape index (κ2) is 16.1. The van der Waals surface area contributed by atoms with E-state index in [1.165, 1.54) is 41.5 Å². The van der Waals surface area contributed by atoms with Crippen LogP contribution in [0.3, 0.4) is 0 Å². The summed E-state index contributed by atoms with van der Waals surface area (Å²) in [6, 6.07) is 0. The summed E-state index contributed by atoms with van der Waals surface area (Å²) in [5, 5.41) is 0. The highest BCUT2D eigenvalue weighted by atomic mass is 16.7. The van der Waals surface area contributed by atoms with Crippen molar-refractivity contribution < 1.29 is 76.2 Å². The fourth-order valence-electron chi connectivity index (χ4n) is 14.7. The van der Waals surface area contributed by atoms with Gasteiger partial charge < -0.3 is 42.6 Å². The summed E-state index contributed by atoms with van der Waals surface area (Å²) >= 11 is 0. The number of esters is 6. The fourth-order valence-corrected chi connectivity index (χ4v) is 14.7. The maximum atomic E-state index is 15.1. The molecule has 0 N–H and O–H groups in total. The van der Waals surface area contributed by atoms with Crippen LogP contribution in [0.15, 0.2) is 0 Å². The molecule has 0 amide bonds. The Kier molecular flexibility index (Phi) is 12.1. The quantitative estimate of drug-likeness (QED) is 0.105. The van der Waals surface area contributed by atoms with Crippen molar-refractivity contribution in [3.8, 4) is 0 Å². The standard InChI is InChI=1S/C47H68O16/c1-22(18-30(57-24(3)49)39-43(10,11)63-39)34-35(54)40(61-28(7)53)45(13)38-29(56-23(2)48)19-32-42(8,9)33(14-15-46(32)21-47(38,46)17-16-44(34,45)12)62-41-37(60-27(6)52)36(59-26(5)51)31(20-55-41)58-25(4)50/h22,29-34,36-41H,14-21H2,1-13H3/t22-,29+,30-,31-,32?,33+,34+,36+,37-,38+,39+,40+,41+,44-,45-,46-,47+/m1/s1. The van der Waals surface area contributed by atoms with Crippen LogP contribution in [-0.4, -0.2) is 109 Å². The monoisotopic (exact) mass is 888 g/mol. The van der Waals surface area contributed by atoms with Crippen LogP contribution in [0.5, 0.6) is 0 Å². The number of hydrogen-bond acceptors (Lipinski definition) is 16. The number of epoxide rings is 1. The van der Waals surface area contributed by atoms with Gasteiger partial charge >= 0.3 is 35.8 Å². The van der Waals surface area contributed by atoms with Gasteiger partial charge in [-0.15, -0.1) is 0 Å². The normalized spacial score (nSPS) is 43.5. The first-order valence-electron chi connectivity index (χ1n) is 22.7. The van der Waals surface area contributed by atoms with Crippen molar-refractivity contribution >= 4 is 41.6 Å². The number of carbonyl (C=O) groups is 7. The number of rotatable bonds is 12. The van der Waals surface area contributed by atoms with E-state index in [2.05, 4.69) is 27.7 Å². The van der Waals surface area contributed by atoms with E-state index in [4.69, 9.17) is 42.6 Å². The zero-order valence-corrected chi connectivity index (χ0v) is 39.2. The van der Waals surface area contributed by atoms with Gasteiger partial charge in [0.05, 0.1) is 18.3 Å². The molecule has 2 spiro atoms. The maximum Gasteiger partial charge on any atom is 0.303 e. The predicted octanol–water partition coefficient (Wildman–Crippen LogP) is 5.36. The lowest BCUT2D eigenvalue weighted by Gasteiger charge is -2.65. The minimum Gasteiger partial charge on any atom is -0.462 e. The third-order valence-electron chi connectivity index (χ3n) is 17.0. The van der Waals surface area contributed by atoms with Crippen LogP contribution in [0.1, 0.15) is 135 Å². The minimum absolute atomic E-state index is 0.0449. The molecule has 7 rings (SSSR count). The van der Waals surface area contributed by atoms with E-state index < -0.39 is 113 Å². The first-order valence-corrected chi connectivity index (χ1v) is 22.7. The van der Waals surface area contributed by atoms with Crippen molar-refractivity contribution in [3.63, 3.8) is 0 Å². The Balaban J connectivity index is 1.22. The SMILES string of the molecule is CC(=O)O[C@@H]1[C@@H](OC(C)=O)[C@H](O[C@H]2CC[C@]34C[C@]35CC[C@]3(C)[C@@H]([C@H](C)C[C@@H](OC(C)=O)[C@@H]6OC6(C)C)C(=O)[C@H](OC(C)=O)[C@@]3(C)[C@@H]5[C@@H](OC(C)=O)CC4C2(C)C)OC[C@H]1OC(C)=O. The Morgan fingerprint density at radius 3 is 1.84 bits per heavy atom. The average molecular weight is 889 g/mol. The van der Waals surface area contributed by atoms with Crippen LogP contribution in [-0.2, 0) is 76.2 Å². The topological polar surface area (TPSA) is 206 Å².